The highest BCUT2D eigenvalue weighted by Crippen LogP contribution is 2.40. The second-order valence-corrected chi connectivity index (χ2v) is 6.81. The van der Waals surface area contributed by atoms with E-state index in [2.05, 4.69) is 31.7 Å². The van der Waals surface area contributed by atoms with E-state index in [9.17, 15) is 4.39 Å². The molecule has 0 spiro atoms. The second-order valence-electron chi connectivity index (χ2n) is 6.81. The van der Waals surface area contributed by atoms with Gasteiger partial charge in [0.05, 0.1) is 5.69 Å². The van der Waals surface area contributed by atoms with Crippen molar-refractivity contribution >= 4 is 17.3 Å². The molecule has 136 valence electrons. The van der Waals surface area contributed by atoms with Crippen molar-refractivity contribution in [2.24, 2.45) is 0 Å². The predicted octanol–water partition coefficient (Wildman–Crippen LogP) is 3.33. The van der Waals surface area contributed by atoms with Crippen LogP contribution in [0.2, 0.25) is 0 Å². The normalized spacial score (nSPS) is 14.0. The first-order chi connectivity index (χ1) is 13.2. The minimum Gasteiger partial charge on any atom is -0.366 e. The first-order valence-corrected chi connectivity index (χ1v) is 8.86. The summed E-state index contributed by atoms with van der Waals surface area (Å²) in [7, 11) is 0. The van der Waals surface area contributed by atoms with Gasteiger partial charge in [-0.05, 0) is 42.7 Å². The maximum Gasteiger partial charge on any atom is 0.240 e. The van der Waals surface area contributed by atoms with Gasteiger partial charge in [-0.15, -0.1) is 5.10 Å². The van der Waals surface area contributed by atoms with E-state index in [-0.39, 0.29) is 11.8 Å². The molecule has 7 nitrogen and oxygen atoms in total. The summed E-state index contributed by atoms with van der Waals surface area (Å²) in [4.78, 5) is 4.35. The number of aromatic amines is 1. The monoisotopic (exact) mass is 363 g/mol. The Morgan fingerprint density at radius 2 is 2.15 bits per heavy atom. The van der Waals surface area contributed by atoms with Crippen molar-refractivity contribution in [2.75, 3.05) is 11.1 Å². The lowest BCUT2D eigenvalue weighted by atomic mass is 10.1. The van der Waals surface area contributed by atoms with Gasteiger partial charge in [-0.3, -0.25) is 5.10 Å². The Morgan fingerprint density at radius 3 is 2.96 bits per heavy atom. The fourth-order valence-electron chi connectivity index (χ4n) is 3.28. The number of nitrogens with one attached hydrogen (secondary N) is 2. The van der Waals surface area contributed by atoms with Gasteiger partial charge in [0.25, 0.3) is 0 Å². The van der Waals surface area contributed by atoms with E-state index in [0.717, 1.165) is 28.0 Å². The summed E-state index contributed by atoms with van der Waals surface area (Å²) in [5, 5.41) is 15.1. The van der Waals surface area contributed by atoms with Crippen LogP contribution in [0, 0.1) is 5.82 Å². The number of anilines is 2. The maximum atomic E-state index is 13.4. The van der Waals surface area contributed by atoms with Crippen molar-refractivity contribution < 1.29 is 4.39 Å². The third-order valence-corrected chi connectivity index (χ3v) is 4.77. The van der Waals surface area contributed by atoms with Crippen molar-refractivity contribution in [3.8, 4) is 11.3 Å². The van der Waals surface area contributed by atoms with E-state index < -0.39 is 0 Å². The molecule has 0 atom stereocenters. The average Bonchev–Trinajstić information content (AvgIpc) is 3.23. The molecule has 27 heavy (non-hydrogen) atoms. The second kappa shape index (κ2) is 6.08. The molecule has 1 fully saturated rings. The van der Waals surface area contributed by atoms with Crippen LogP contribution in [-0.4, -0.2) is 24.8 Å². The SMILES string of the molecule is Nc1nc(NCc2cccc(F)c2)c2c(-c3cc(C4CC4)[nH]n3)ccn2n1. The molecule has 4 aromatic rings. The summed E-state index contributed by atoms with van der Waals surface area (Å²) in [6, 6.07) is 10.5. The number of fused-ring (bicyclic) bond motifs is 1. The predicted molar refractivity (Wildman–Crippen MR) is 101 cm³/mol. The molecule has 3 heterocycles. The number of hydrogen-bond donors (Lipinski definition) is 3. The summed E-state index contributed by atoms with van der Waals surface area (Å²) in [6.07, 6.45) is 4.25. The Morgan fingerprint density at radius 1 is 1.26 bits per heavy atom. The molecule has 1 aliphatic rings. The highest BCUT2D eigenvalue weighted by atomic mass is 19.1. The Balaban J connectivity index is 1.53. The third kappa shape index (κ3) is 2.99. The van der Waals surface area contributed by atoms with E-state index in [4.69, 9.17) is 5.73 Å². The van der Waals surface area contributed by atoms with E-state index in [1.54, 1.807) is 10.6 Å². The molecule has 1 aliphatic carbocycles. The third-order valence-electron chi connectivity index (χ3n) is 4.77. The number of H-pyrrole nitrogens is 1. The van der Waals surface area contributed by atoms with Gasteiger partial charge >= 0.3 is 0 Å². The lowest BCUT2D eigenvalue weighted by Crippen LogP contribution is -2.08. The average molecular weight is 363 g/mol. The van der Waals surface area contributed by atoms with Gasteiger partial charge < -0.3 is 11.1 Å². The molecule has 5 rings (SSSR count). The van der Waals surface area contributed by atoms with E-state index in [1.807, 2.05) is 18.3 Å². The molecule has 1 saturated carbocycles. The Kier molecular flexibility index (Phi) is 3.56. The lowest BCUT2D eigenvalue weighted by Gasteiger charge is -2.09. The van der Waals surface area contributed by atoms with Gasteiger partial charge in [0.1, 0.15) is 11.3 Å². The number of benzene rings is 1. The van der Waals surface area contributed by atoms with Crippen LogP contribution < -0.4 is 11.1 Å². The smallest absolute Gasteiger partial charge is 0.240 e. The molecule has 0 saturated heterocycles. The van der Waals surface area contributed by atoms with Crippen LogP contribution in [-0.2, 0) is 6.54 Å². The summed E-state index contributed by atoms with van der Waals surface area (Å²) >= 11 is 0. The molecule has 0 unspecified atom stereocenters. The molecule has 0 aliphatic heterocycles. The zero-order valence-corrected chi connectivity index (χ0v) is 14.5. The van der Waals surface area contributed by atoms with Crippen molar-refractivity contribution in [3.63, 3.8) is 0 Å². The minimum absolute atomic E-state index is 0.159. The minimum atomic E-state index is -0.269. The van der Waals surface area contributed by atoms with Gasteiger partial charge in [0, 0.05) is 29.9 Å². The Bertz CT molecular complexity index is 1130. The van der Waals surface area contributed by atoms with Gasteiger partial charge in [-0.1, -0.05) is 12.1 Å². The Labute approximate surface area is 154 Å². The topological polar surface area (TPSA) is 96.9 Å². The number of rotatable bonds is 5. The molecular formula is C19H18FN7. The lowest BCUT2D eigenvalue weighted by molar-refractivity contribution is 0.626. The fraction of sp³-hybridized carbons (Fsp3) is 0.211. The summed E-state index contributed by atoms with van der Waals surface area (Å²) in [6.45, 7) is 0.419. The molecular weight excluding hydrogens is 345 g/mol. The van der Waals surface area contributed by atoms with Gasteiger partial charge in [0.15, 0.2) is 5.82 Å². The highest BCUT2D eigenvalue weighted by Gasteiger charge is 2.26. The first-order valence-electron chi connectivity index (χ1n) is 8.86. The number of nitrogens with two attached hydrogens (primary N) is 1. The quantitative estimate of drug-likeness (QED) is 0.505. The standard InChI is InChI=1S/C19H18FN7/c20-13-3-1-2-11(8-13)10-22-18-17-14(6-7-27(17)26-19(21)23-18)16-9-15(24-25-16)12-4-5-12/h1-3,6-9,12H,4-5,10H2,(H,24,25)(H3,21,22,23,26). The van der Waals surface area contributed by atoms with Crippen LogP contribution in [0.3, 0.4) is 0 Å². The van der Waals surface area contributed by atoms with Gasteiger partial charge in [-0.2, -0.15) is 10.1 Å². The molecule has 1 aromatic carbocycles. The van der Waals surface area contributed by atoms with Crippen LogP contribution >= 0.6 is 0 Å². The van der Waals surface area contributed by atoms with Crippen LogP contribution in [0.4, 0.5) is 16.2 Å². The van der Waals surface area contributed by atoms with E-state index in [0.29, 0.717) is 18.3 Å². The molecule has 8 heteroatoms. The van der Waals surface area contributed by atoms with Crippen molar-refractivity contribution in [1.82, 2.24) is 24.8 Å². The zero-order valence-electron chi connectivity index (χ0n) is 14.5. The van der Waals surface area contributed by atoms with Crippen LogP contribution in [0.1, 0.15) is 30.0 Å². The maximum absolute atomic E-state index is 13.4. The molecule has 0 bridgehead atoms. The summed E-state index contributed by atoms with van der Waals surface area (Å²) in [5.41, 5.74) is 10.4. The highest BCUT2D eigenvalue weighted by molar-refractivity contribution is 5.87. The largest absolute Gasteiger partial charge is 0.366 e. The van der Waals surface area contributed by atoms with Gasteiger partial charge in [-0.25, -0.2) is 8.91 Å². The summed E-state index contributed by atoms with van der Waals surface area (Å²) < 4.78 is 15.1. The number of hydrogen-bond acceptors (Lipinski definition) is 5. The van der Waals surface area contributed by atoms with E-state index >= 15 is 0 Å². The van der Waals surface area contributed by atoms with Crippen molar-refractivity contribution in [1.29, 1.82) is 0 Å². The number of nitrogens with zero attached hydrogens (tertiary/aromatic N) is 4. The molecule has 4 N–H and O–H groups in total. The first kappa shape index (κ1) is 15.8. The Hall–Kier alpha value is -3.42. The van der Waals surface area contributed by atoms with Crippen molar-refractivity contribution in [3.05, 3.63) is 59.7 Å². The van der Waals surface area contributed by atoms with Crippen LogP contribution in [0.25, 0.3) is 16.8 Å². The van der Waals surface area contributed by atoms with Crippen LogP contribution in [0.15, 0.2) is 42.6 Å². The zero-order chi connectivity index (χ0) is 18.4. The van der Waals surface area contributed by atoms with Crippen LogP contribution in [0.5, 0.6) is 0 Å². The van der Waals surface area contributed by atoms with E-state index in [1.165, 1.54) is 25.0 Å². The molecule has 3 aromatic heterocycles. The van der Waals surface area contributed by atoms with Gasteiger partial charge in [0.2, 0.25) is 5.95 Å². The molecule has 0 radical (unpaired) electrons. The number of aromatic nitrogens is 5. The van der Waals surface area contributed by atoms with Crippen molar-refractivity contribution in [2.45, 2.75) is 25.3 Å². The fourth-order valence-corrected chi connectivity index (χ4v) is 3.28. The number of nitrogen functional groups attached to an aromatic ring is 1. The summed E-state index contributed by atoms with van der Waals surface area (Å²) in [5.74, 6) is 1.07. The molecule has 0 amide bonds. The number of halogens is 1.